The molecule has 0 spiro atoms. The van der Waals surface area contributed by atoms with E-state index in [1.165, 1.54) is 32.6 Å². The van der Waals surface area contributed by atoms with Crippen LogP contribution in [-0.2, 0) is 20.9 Å². The van der Waals surface area contributed by atoms with E-state index in [4.69, 9.17) is 9.47 Å². The van der Waals surface area contributed by atoms with Gasteiger partial charge in [0.25, 0.3) is 0 Å². The van der Waals surface area contributed by atoms with Gasteiger partial charge >= 0.3 is 4.87 Å². The van der Waals surface area contributed by atoms with Crippen molar-refractivity contribution in [2.75, 3.05) is 24.4 Å². The minimum atomic E-state index is -0.737. The smallest absolute Gasteiger partial charge is 0.308 e. The molecule has 9 nitrogen and oxygen atoms in total. The van der Waals surface area contributed by atoms with Crippen LogP contribution < -0.4 is 24.6 Å². The first-order chi connectivity index (χ1) is 19.4. The summed E-state index contributed by atoms with van der Waals surface area (Å²) < 4.78 is 11.8. The highest BCUT2D eigenvalue weighted by molar-refractivity contribution is 8.00. The molecule has 0 aliphatic carbocycles. The van der Waals surface area contributed by atoms with Crippen LogP contribution in [0.2, 0.25) is 0 Å². The fraction of sp³-hybridized carbons (Fsp3) is 0.214. The topological polar surface area (TPSA) is 107 Å². The maximum atomic E-state index is 13.9. The van der Waals surface area contributed by atoms with Crippen molar-refractivity contribution in [3.05, 3.63) is 85.5 Å². The molecule has 40 heavy (non-hydrogen) atoms. The maximum absolute atomic E-state index is 13.9. The molecule has 0 bridgehead atoms. The third-order valence-corrected chi connectivity index (χ3v) is 10.5. The summed E-state index contributed by atoms with van der Waals surface area (Å²) in [6.45, 7) is -0.220. The van der Waals surface area contributed by atoms with Gasteiger partial charge in [-0.2, -0.15) is 0 Å². The van der Waals surface area contributed by atoms with Crippen LogP contribution in [0.3, 0.4) is 0 Å². The summed E-state index contributed by atoms with van der Waals surface area (Å²) in [6, 6.07) is 17.5. The van der Waals surface area contributed by atoms with Gasteiger partial charge in [-0.1, -0.05) is 29.2 Å². The molecule has 2 aromatic carbocycles. The molecular formula is C28H23N3O6S3. The van der Waals surface area contributed by atoms with E-state index in [2.05, 4.69) is 5.32 Å². The van der Waals surface area contributed by atoms with Crippen molar-refractivity contribution in [3.8, 4) is 11.5 Å². The van der Waals surface area contributed by atoms with Crippen molar-refractivity contribution in [1.29, 1.82) is 0 Å². The van der Waals surface area contributed by atoms with Gasteiger partial charge in [0.2, 0.25) is 17.7 Å². The Kier molecular flexibility index (Phi) is 6.99. The number of aromatic nitrogens is 1. The van der Waals surface area contributed by atoms with Gasteiger partial charge in [-0.25, -0.2) is 4.90 Å². The maximum Gasteiger partial charge on any atom is 0.308 e. The molecule has 1 saturated heterocycles. The zero-order valence-corrected chi connectivity index (χ0v) is 23.8. The Morgan fingerprint density at radius 2 is 1.60 bits per heavy atom. The Balaban J connectivity index is 1.35. The summed E-state index contributed by atoms with van der Waals surface area (Å²) in [7, 11) is 3.11. The van der Waals surface area contributed by atoms with E-state index in [0.29, 0.717) is 32.8 Å². The summed E-state index contributed by atoms with van der Waals surface area (Å²) in [5.74, 6) is -0.894. The lowest BCUT2D eigenvalue weighted by atomic mass is 9.87. The van der Waals surface area contributed by atoms with Gasteiger partial charge in [0.1, 0.15) is 23.3 Å². The van der Waals surface area contributed by atoms with E-state index < -0.39 is 17.1 Å². The number of fused-ring (bicyclic) bond motifs is 2. The minimum absolute atomic E-state index is 0.220. The van der Waals surface area contributed by atoms with Crippen molar-refractivity contribution < 1.29 is 23.9 Å². The average molecular weight is 594 g/mol. The molecule has 3 amide bonds. The monoisotopic (exact) mass is 593 g/mol. The number of ether oxygens (including phenoxy) is 2. The Bertz CT molecular complexity index is 1640. The third-order valence-electron chi connectivity index (χ3n) is 6.91. The number of hydrogen-bond acceptors (Lipinski definition) is 9. The second-order valence-corrected chi connectivity index (χ2v) is 12.3. The van der Waals surface area contributed by atoms with Crippen molar-refractivity contribution in [1.82, 2.24) is 4.57 Å². The molecule has 12 heteroatoms. The number of nitrogens with one attached hydrogen (secondary N) is 1. The molecule has 0 saturated carbocycles. The van der Waals surface area contributed by atoms with Crippen molar-refractivity contribution >= 4 is 63.5 Å². The molecule has 6 rings (SSSR count). The summed E-state index contributed by atoms with van der Waals surface area (Å²) in [4.78, 5) is 56.3. The highest BCUT2D eigenvalue weighted by atomic mass is 32.2. The number of hydrogen-bond donors (Lipinski definition) is 1. The van der Waals surface area contributed by atoms with Crippen LogP contribution in [0.1, 0.15) is 15.7 Å². The molecule has 1 N–H and O–H groups in total. The lowest BCUT2D eigenvalue weighted by Gasteiger charge is -2.29. The number of carbonyl (C=O) groups excluding carboxylic acids is 3. The van der Waals surface area contributed by atoms with Crippen LogP contribution >= 0.6 is 34.4 Å². The summed E-state index contributed by atoms with van der Waals surface area (Å²) >= 11 is 3.70. The predicted molar refractivity (Wildman–Crippen MR) is 155 cm³/mol. The Labute approximate surface area is 241 Å². The lowest BCUT2D eigenvalue weighted by Crippen LogP contribution is -2.32. The molecule has 2 aliphatic heterocycles. The number of rotatable bonds is 7. The predicted octanol–water partition coefficient (Wildman–Crippen LogP) is 4.42. The van der Waals surface area contributed by atoms with Gasteiger partial charge in [0, 0.05) is 21.4 Å². The molecule has 2 aromatic heterocycles. The zero-order chi connectivity index (χ0) is 28.0. The molecule has 4 aromatic rings. The van der Waals surface area contributed by atoms with Gasteiger partial charge in [-0.3, -0.25) is 23.7 Å². The number of thiazole rings is 1. The molecule has 3 atom stereocenters. The molecule has 0 radical (unpaired) electrons. The van der Waals surface area contributed by atoms with Crippen molar-refractivity contribution in [3.63, 3.8) is 0 Å². The molecule has 2 unspecified atom stereocenters. The minimum Gasteiger partial charge on any atom is -0.497 e. The molecule has 204 valence electrons. The second kappa shape index (κ2) is 10.6. The van der Waals surface area contributed by atoms with Gasteiger partial charge < -0.3 is 14.8 Å². The second-order valence-electron chi connectivity index (χ2n) is 9.17. The average Bonchev–Trinajstić information content (AvgIpc) is 3.66. The first-order valence-corrected chi connectivity index (χ1v) is 14.9. The molecule has 2 aliphatic rings. The number of methoxy groups -OCH3 is 2. The molecule has 1 fully saturated rings. The van der Waals surface area contributed by atoms with Crippen LogP contribution in [0.15, 0.2) is 75.9 Å². The standard InChI is InChI=1S/C28H23N3O6S3/c1-36-17-9-5-15(6-10-17)29-20(32)14-30-27-24(40-28(30)35)21(19-4-3-13-38-19)22-23(39-27)26(34)31(25(22)33)16-7-11-18(37-2)12-8-16/h3-13,21-23H,14H2,1-2H3,(H,29,32)/t21-,22?,23?/m1/s1. The number of imide groups is 1. The zero-order valence-electron chi connectivity index (χ0n) is 21.4. The first kappa shape index (κ1) is 26.4. The highest BCUT2D eigenvalue weighted by Gasteiger charge is 2.57. The summed E-state index contributed by atoms with van der Waals surface area (Å²) in [5.41, 5.74) is 1.04. The van der Waals surface area contributed by atoms with E-state index in [-0.39, 0.29) is 29.1 Å². The Morgan fingerprint density at radius 3 is 2.23 bits per heavy atom. The van der Waals surface area contributed by atoms with Gasteiger partial charge in [0.05, 0.1) is 30.9 Å². The number of benzene rings is 2. The molecule has 4 heterocycles. The van der Waals surface area contributed by atoms with E-state index in [1.54, 1.807) is 62.8 Å². The number of carbonyl (C=O) groups is 3. The van der Waals surface area contributed by atoms with Gasteiger partial charge in [-0.15, -0.1) is 11.3 Å². The number of anilines is 2. The van der Waals surface area contributed by atoms with E-state index >= 15 is 0 Å². The largest absolute Gasteiger partial charge is 0.497 e. The first-order valence-electron chi connectivity index (χ1n) is 12.3. The van der Waals surface area contributed by atoms with Crippen LogP contribution in [0.25, 0.3) is 0 Å². The highest BCUT2D eigenvalue weighted by Crippen LogP contribution is 2.54. The van der Waals surface area contributed by atoms with Crippen molar-refractivity contribution in [2.45, 2.75) is 22.7 Å². The van der Waals surface area contributed by atoms with Crippen molar-refractivity contribution in [2.24, 2.45) is 5.92 Å². The quantitative estimate of drug-likeness (QED) is 0.316. The summed E-state index contributed by atoms with van der Waals surface area (Å²) in [5, 5.41) is 4.54. The SMILES string of the molecule is COc1ccc(NC(=O)Cn2c3c(sc2=O)[C@H](c2cccs2)C2C(=O)N(c4ccc(OC)cc4)C(=O)C2S3)cc1. The number of nitrogens with zero attached hydrogens (tertiary/aromatic N) is 2. The number of thioether (sulfide) groups is 1. The van der Waals surface area contributed by atoms with E-state index in [1.807, 2.05) is 17.5 Å². The van der Waals surface area contributed by atoms with Crippen LogP contribution in [0, 0.1) is 5.92 Å². The third kappa shape index (κ3) is 4.51. The fourth-order valence-corrected chi connectivity index (χ4v) is 8.76. The van der Waals surface area contributed by atoms with E-state index in [9.17, 15) is 19.2 Å². The molecular weight excluding hydrogens is 571 g/mol. The van der Waals surface area contributed by atoms with Crippen LogP contribution in [-0.4, -0.2) is 41.8 Å². The number of amides is 3. The van der Waals surface area contributed by atoms with E-state index in [0.717, 1.165) is 16.2 Å². The normalized spacial score (nSPS) is 19.8. The van der Waals surface area contributed by atoms with Crippen LogP contribution in [0.5, 0.6) is 11.5 Å². The Hall–Kier alpha value is -3.87. The number of thiophene rings is 1. The fourth-order valence-electron chi connectivity index (χ4n) is 5.03. The van der Waals surface area contributed by atoms with Crippen LogP contribution in [0.4, 0.5) is 11.4 Å². The Morgan fingerprint density at radius 1 is 0.925 bits per heavy atom. The summed E-state index contributed by atoms with van der Waals surface area (Å²) in [6.07, 6.45) is 0. The van der Waals surface area contributed by atoms with Gasteiger partial charge in [0.15, 0.2) is 0 Å². The van der Waals surface area contributed by atoms with Gasteiger partial charge in [-0.05, 0) is 60.0 Å². The lowest BCUT2D eigenvalue weighted by molar-refractivity contribution is -0.122.